The fraction of sp³-hybridized carbons (Fsp3) is 0.167. The third-order valence-corrected chi connectivity index (χ3v) is 6.69. The maximum Gasteiger partial charge on any atom is 0.318 e. The summed E-state index contributed by atoms with van der Waals surface area (Å²) in [6.45, 7) is 0. The van der Waals surface area contributed by atoms with Gasteiger partial charge in [-0.15, -0.1) is 0 Å². The molecule has 2 atom stereocenters. The van der Waals surface area contributed by atoms with Crippen LogP contribution in [0.2, 0.25) is 0 Å². The second-order valence-electron chi connectivity index (χ2n) is 7.29. The maximum atomic E-state index is 13.4. The molecule has 0 aromatic heterocycles. The molecule has 0 bridgehead atoms. The van der Waals surface area contributed by atoms with Gasteiger partial charge in [0, 0.05) is 11.1 Å². The Morgan fingerprint density at radius 2 is 1.21 bits per heavy atom. The number of likely N-dealkylation sites (N-methyl/N-ethyl adjacent to an activating group) is 1. The van der Waals surface area contributed by atoms with Gasteiger partial charge in [0.2, 0.25) is 0 Å². The van der Waals surface area contributed by atoms with E-state index in [1.54, 1.807) is 0 Å². The smallest absolute Gasteiger partial charge is 0.318 e. The minimum Gasteiger partial charge on any atom is -0.381 e. The molecule has 5 heteroatoms. The van der Waals surface area contributed by atoms with Gasteiger partial charge in [-0.3, -0.25) is 0 Å². The zero-order valence-electron chi connectivity index (χ0n) is 16.4. The lowest BCUT2D eigenvalue weighted by molar-refractivity contribution is 0.315. The number of benzene rings is 3. The molecule has 0 N–H and O–H groups in total. The first-order chi connectivity index (χ1) is 14.0. The summed E-state index contributed by atoms with van der Waals surface area (Å²) in [7, 11) is -0.0891. The molecule has 1 heterocycles. The Morgan fingerprint density at radius 1 is 0.724 bits per heavy atom. The number of hydrogen-bond donors (Lipinski definition) is 0. The normalized spacial score (nSPS) is 21.1. The molecule has 0 saturated heterocycles. The van der Waals surface area contributed by atoms with Crippen molar-refractivity contribution in [2.45, 2.75) is 11.3 Å². The third-order valence-electron chi connectivity index (χ3n) is 5.14. The molecule has 1 aliphatic rings. The van der Waals surface area contributed by atoms with Crippen molar-refractivity contribution in [3.05, 3.63) is 108 Å². The van der Waals surface area contributed by atoms with E-state index in [1.807, 2.05) is 110 Å². The first-order valence-electron chi connectivity index (χ1n) is 9.49. The lowest BCUT2D eigenvalue weighted by Crippen LogP contribution is -2.42. The fourth-order valence-corrected chi connectivity index (χ4v) is 5.60. The predicted molar refractivity (Wildman–Crippen MR) is 116 cm³/mol. The number of nitrogens with zero attached hydrogens (tertiary/aromatic N) is 1. The van der Waals surface area contributed by atoms with Crippen LogP contribution in [0.4, 0.5) is 0 Å². The van der Waals surface area contributed by atoms with E-state index >= 15 is 0 Å². The highest BCUT2D eigenvalue weighted by molar-refractivity contribution is 7.87. The van der Waals surface area contributed by atoms with Crippen LogP contribution in [-0.2, 0) is 14.3 Å². The van der Waals surface area contributed by atoms with Gasteiger partial charge < -0.3 is 9.08 Å². The van der Waals surface area contributed by atoms with Crippen molar-refractivity contribution in [2.75, 3.05) is 14.1 Å². The van der Waals surface area contributed by atoms with Gasteiger partial charge in [0.25, 0.3) is 0 Å². The molecule has 3 aromatic rings. The molecule has 1 aliphatic heterocycles. The lowest BCUT2D eigenvalue weighted by atomic mass is 9.89. The summed E-state index contributed by atoms with van der Waals surface area (Å²) in [4.78, 5) is 1.96. The Kier molecular flexibility index (Phi) is 5.26. The zero-order chi connectivity index (χ0) is 20.4. The highest BCUT2D eigenvalue weighted by Crippen LogP contribution is 2.46. The van der Waals surface area contributed by atoms with Crippen LogP contribution in [0, 0.1) is 0 Å². The topological polar surface area (TPSA) is 46.6 Å². The van der Waals surface area contributed by atoms with E-state index < -0.39 is 21.4 Å². The predicted octanol–water partition coefficient (Wildman–Crippen LogP) is 4.59. The summed E-state index contributed by atoms with van der Waals surface area (Å²) >= 11 is 0. The van der Waals surface area contributed by atoms with Crippen LogP contribution in [0.5, 0.6) is 0 Å². The fourth-order valence-electron chi connectivity index (χ4n) is 3.89. The Hall–Kier alpha value is -2.89. The van der Waals surface area contributed by atoms with Gasteiger partial charge in [-0.05, 0) is 25.2 Å². The van der Waals surface area contributed by atoms with Gasteiger partial charge in [-0.1, -0.05) is 91.0 Å². The highest BCUT2D eigenvalue weighted by Gasteiger charge is 2.46. The first-order valence-corrected chi connectivity index (χ1v) is 11.0. The van der Waals surface area contributed by atoms with Crippen molar-refractivity contribution >= 4 is 21.5 Å². The van der Waals surface area contributed by atoms with E-state index in [4.69, 9.17) is 4.18 Å². The molecule has 3 aromatic carbocycles. The Bertz CT molecular complexity index is 1110. The summed E-state index contributed by atoms with van der Waals surface area (Å²) in [5.41, 5.74) is 3.27. The van der Waals surface area contributed by atoms with E-state index in [9.17, 15) is 8.42 Å². The Morgan fingerprint density at radius 3 is 1.72 bits per heavy atom. The molecule has 29 heavy (non-hydrogen) atoms. The van der Waals surface area contributed by atoms with Crippen molar-refractivity contribution in [2.24, 2.45) is 0 Å². The average Bonchev–Trinajstić information content (AvgIpc) is 2.74. The third kappa shape index (κ3) is 3.71. The molecule has 0 amide bonds. The second kappa shape index (κ2) is 7.85. The van der Waals surface area contributed by atoms with Gasteiger partial charge in [-0.25, -0.2) is 0 Å². The van der Waals surface area contributed by atoms with E-state index in [1.165, 1.54) is 0 Å². The molecule has 4 nitrogen and oxygen atoms in total. The molecule has 148 valence electrons. The summed E-state index contributed by atoms with van der Waals surface area (Å²) in [5, 5.41) is -0.832. The zero-order valence-corrected chi connectivity index (χ0v) is 17.2. The van der Waals surface area contributed by atoms with Gasteiger partial charge in [0.15, 0.2) is 5.76 Å². The molecule has 0 fully saturated rings. The molecule has 4 rings (SSSR count). The van der Waals surface area contributed by atoms with Gasteiger partial charge >= 0.3 is 10.1 Å². The average molecular weight is 406 g/mol. The van der Waals surface area contributed by atoms with Crippen molar-refractivity contribution in [1.82, 2.24) is 4.90 Å². The van der Waals surface area contributed by atoms with Crippen LogP contribution in [-0.4, -0.2) is 33.5 Å². The Balaban J connectivity index is 2.03. The largest absolute Gasteiger partial charge is 0.381 e. The summed E-state index contributed by atoms with van der Waals surface area (Å²) in [6.07, 6.45) is 0. The second-order valence-corrected chi connectivity index (χ2v) is 8.95. The molecule has 0 radical (unpaired) electrons. The summed E-state index contributed by atoms with van der Waals surface area (Å²) in [6, 6.07) is 28.2. The quantitative estimate of drug-likeness (QED) is 0.596. The van der Waals surface area contributed by atoms with Gasteiger partial charge in [0.1, 0.15) is 5.25 Å². The molecular weight excluding hydrogens is 382 g/mol. The van der Waals surface area contributed by atoms with Crippen molar-refractivity contribution in [3.63, 3.8) is 0 Å². The van der Waals surface area contributed by atoms with Gasteiger partial charge in [0.05, 0.1) is 6.04 Å². The minimum absolute atomic E-state index is 0.391. The van der Waals surface area contributed by atoms with Crippen LogP contribution in [0.3, 0.4) is 0 Å². The van der Waals surface area contributed by atoms with Crippen LogP contribution >= 0.6 is 0 Å². The highest BCUT2D eigenvalue weighted by atomic mass is 32.2. The molecule has 0 spiro atoms. The summed E-state index contributed by atoms with van der Waals surface area (Å²) in [5.74, 6) is 0.391. The van der Waals surface area contributed by atoms with Crippen LogP contribution < -0.4 is 0 Å². The van der Waals surface area contributed by atoms with E-state index in [0.717, 1.165) is 16.7 Å². The molecular formula is C24H23NO3S. The summed E-state index contributed by atoms with van der Waals surface area (Å²) < 4.78 is 32.5. The minimum atomic E-state index is -3.91. The number of hydrogen-bond acceptors (Lipinski definition) is 4. The van der Waals surface area contributed by atoms with Crippen LogP contribution in [0.15, 0.2) is 91.0 Å². The van der Waals surface area contributed by atoms with E-state index in [2.05, 4.69) is 0 Å². The number of rotatable bonds is 4. The van der Waals surface area contributed by atoms with E-state index in [0.29, 0.717) is 11.3 Å². The SMILES string of the molecule is CN(C)[C@@H]1C(c2ccccc2)=C(c2ccccc2)OS(=O)(=O)[C@H]1c1ccccc1. The monoisotopic (exact) mass is 405 g/mol. The standard InChI is InChI=1S/C24H23NO3S/c1-25(2)22-21(18-12-6-3-7-13-18)23(19-14-8-4-9-15-19)28-29(26,27)24(22)20-16-10-5-11-17-20/h3-17,22,24H,1-2H3/t22-,24+/m1/s1. The lowest BCUT2D eigenvalue weighted by Gasteiger charge is -2.39. The van der Waals surface area contributed by atoms with Crippen molar-refractivity contribution in [1.29, 1.82) is 0 Å². The molecule has 0 saturated carbocycles. The van der Waals surface area contributed by atoms with Crippen molar-refractivity contribution < 1.29 is 12.6 Å². The first kappa shape index (κ1) is 19.4. The molecule has 0 unspecified atom stereocenters. The van der Waals surface area contributed by atoms with Crippen molar-refractivity contribution in [3.8, 4) is 0 Å². The maximum absolute atomic E-state index is 13.4. The van der Waals surface area contributed by atoms with Gasteiger partial charge in [-0.2, -0.15) is 8.42 Å². The molecule has 0 aliphatic carbocycles. The van der Waals surface area contributed by atoms with Crippen LogP contribution in [0.1, 0.15) is 21.9 Å². The van der Waals surface area contributed by atoms with Crippen LogP contribution in [0.25, 0.3) is 11.3 Å². The Labute approximate surface area is 172 Å². The van der Waals surface area contributed by atoms with E-state index in [-0.39, 0.29) is 0 Å².